The molecule has 0 aliphatic carbocycles. The van der Waals surface area contributed by atoms with E-state index in [0.29, 0.717) is 11.3 Å². The van der Waals surface area contributed by atoms with Gasteiger partial charge < -0.3 is 25.7 Å². The summed E-state index contributed by atoms with van der Waals surface area (Å²) in [6.07, 6.45) is 0.995. The van der Waals surface area contributed by atoms with Crippen molar-refractivity contribution in [2.45, 2.75) is 20.0 Å². The largest absolute Gasteiger partial charge is 0.506 e. The van der Waals surface area contributed by atoms with E-state index < -0.39 is 41.5 Å². The summed E-state index contributed by atoms with van der Waals surface area (Å²) in [7, 11) is 1.23. The number of carbonyl (C=O) groups is 3. The van der Waals surface area contributed by atoms with Crippen molar-refractivity contribution in [3.8, 4) is 5.75 Å². The molecule has 0 radical (unpaired) electrons. The molecule has 0 fully saturated rings. The van der Waals surface area contributed by atoms with Crippen LogP contribution in [-0.2, 0) is 14.4 Å². The van der Waals surface area contributed by atoms with Gasteiger partial charge >= 0.3 is 5.97 Å². The van der Waals surface area contributed by atoms with Gasteiger partial charge in [-0.15, -0.1) is 0 Å². The quantitative estimate of drug-likeness (QED) is 0.333. The highest BCUT2D eigenvalue weighted by atomic mass is 16.5. The number of carbonyl (C=O) groups excluding carboxylic acids is 2. The summed E-state index contributed by atoms with van der Waals surface area (Å²) in [6.45, 7) is 2.90. The van der Waals surface area contributed by atoms with E-state index in [9.17, 15) is 19.5 Å². The van der Waals surface area contributed by atoms with Crippen LogP contribution in [0.2, 0.25) is 0 Å². The topological polar surface area (TPSA) is 164 Å². The molecule has 0 bridgehead atoms. The number of rotatable bonds is 7. The second kappa shape index (κ2) is 9.03. The number of aliphatic carboxylic acids is 1. The number of nitrogens with one attached hydrogen (secondary N) is 3. The molecule has 0 saturated heterocycles. The van der Waals surface area contributed by atoms with E-state index in [4.69, 9.17) is 20.7 Å². The highest BCUT2D eigenvalue weighted by molar-refractivity contribution is 6.29. The van der Waals surface area contributed by atoms with Crippen LogP contribution in [0.4, 0.5) is 0 Å². The normalized spacial score (nSPS) is 15.6. The predicted octanol–water partition coefficient (Wildman–Crippen LogP) is 1.23. The number of carboxylic acids is 1. The van der Waals surface area contributed by atoms with Crippen molar-refractivity contribution in [1.29, 1.82) is 10.8 Å². The Kier molecular flexibility index (Phi) is 6.73. The van der Waals surface area contributed by atoms with Gasteiger partial charge in [-0.3, -0.25) is 24.7 Å². The first-order chi connectivity index (χ1) is 14.0. The first kappa shape index (κ1) is 22.3. The molecule has 1 aromatic rings. The van der Waals surface area contributed by atoms with E-state index in [0.717, 1.165) is 11.0 Å². The molecule has 5 N–H and O–H groups in total. The fraction of sp³-hybridized carbons (Fsp3) is 0.250. The summed E-state index contributed by atoms with van der Waals surface area (Å²) >= 11 is 0. The van der Waals surface area contributed by atoms with Gasteiger partial charge in [0.2, 0.25) is 0 Å². The molecule has 2 amide bonds. The summed E-state index contributed by atoms with van der Waals surface area (Å²) in [4.78, 5) is 36.1. The molecule has 0 spiro atoms. The summed E-state index contributed by atoms with van der Waals surface area (Å²) < 4.78 is 5.68. The number of nitrogens with zero attached hydrogens (tertiary/aromatic N) is 1. The van der Waals surface area contributed by atoms with Crippen molar-refractivity contribution in [1.82, 2.24) is 10.2 Å². The smallest absolute Gasteiger partial charge is 0.322 e. The van der Waals surface area contributed by atoms with Crippen molar-refractivity contribution in [3.05, 3.63) is 52.8 Å². The number of hydrogen-bond donors (Lipinski definition) is 5. The number of para-hydroxylation sites is 1. The van der Waals surface area contributed by atoms with Crippen LogP contribution in [0, 0.1) is 10.8 Å². The number of carboxylic acid groups (broad SMARTS) is 1. The molecule has 1 heterocycles. The number of likely N-dealkylation sites (N-methyl/N-ethyl adjacent to an activating group) is 1. The molecule has 0 atom stereocenters. The zero-order valence-electron chi connectivity index (χ0n) is 16.6. The molecule has 30 heavy (non-hydrogen) atoms. The monoisotopic (exact) mass is 414 g/mol. The maximum absolute atomic E-state index is 12.4. The Morgan fingerprint density at radius 2 is 1.93 bits per heavy atom. The number of allylic oxidation sites excluding steroid dienone is 1. The predicted molar refractivity (Wildman–Crippen MR) is 108 cm³/mol. The molecule has 0 unspecified atom stereocenters. The second-order valence-corrected chi connectivity index (χ2v) is 6.65. The fourth-order valence-corrected chi connectivity index (χ4v) is 2.65. The zero-order valence-corrected chi connectivity index (χ0v) is 16.6. The standard InChI is InChI=1S/C20H22N4O6/c1-10(2)30-14-7-5-4-6-11(14)13(21)8-12-17(27)16(19(28)23-9-15(25)26)20(29)24(3)18(12)22/h4-8,10,21-22,27H,9H2,1-3H3,(H,23,28)(H,25,26)/b12-8-,21-13?,22-18?. The molecule has 1 aliphatic heterocycles. The van der Waals surface area contributed by atoms with Crippen LogP contribution in [0.25, 0.3) is 0 Å². The molecule has 10 nitrogen and oxygen atoms in total. The minimum absolute atomic E-state index is 0.120. The van der Waals surface area contributed by atoms with Crippen LogP contribution in [0.15, 0.2) is 47.2 Å². The fourth-order valence-electron chi connectivity index (χ4n) is 2.65. The van der Waals surface area contributed by atoms with Crippen LogP contribution < -0.4 is 10.1 Å². The molecule has 0 aromatic heterocycles. The Bertz CT molecular complexity index is 993. The third-order valence-corrected chi connectivity index (χ3v) is 4.06. The van der Waals surface area contributed by atoms with E-state index in [-0.39, 0.29) is 17.4 Å². The molecule has 1 aliphatic rings. The van der Waals surface area contributed by atoms with Crippen molar-refractivity contribution < 1.29 is 29.3 Å². The first-order valence-electron chi connectivity index (χ1n) is 8.91. The Morgan fingerprint density at radius 1 is 1.30 bits per heavy atom. The Hall–Kier alpha value is -3.95. The molecular weight excluding hydrogens is 392 g/mol. The minimum atomic E-state index is -1.33. The highest BCUT2D eigenvalue weighted by Gasteiger charge is 2.36. The Morgan fingerprint density at radius 3 is 2.53 bits per heavy atom. The van der Waals surface area contributed by atoms with Gasteiger partial charge in [0.15, 0.2) is 0 Å². The average Bonchev–Trinajstić information content (AvgIpc) is 2.68. The molecule has 1 aromatic carbocycles. The highest BCUT2D eigenvalue weighted by Crippen LogP contribution is 2.26. The van der Waals surface area contributed by atoms with E-state index in [1.54, 1.807) is 24.3 Å². The SMILES string of the molecule is CC(C)Oc1ccccc1C(=N)/C=C1\C(=N)N(C)C(=O)C(C(=O)NCC(=O)O)=C1O. The van der Waals surface area contributed by atoms with Gasteiger partial charge in [-0.2, -0.15) is 0 Å². The summed E-state index contributed by atoms with van der Waals surface area (Å²) in [5, 5.41) is 37.7. The first-order valence-corrected chi connectivity index (χ1v) is 8.91. The summed E-state index contributed by atoms with van der Waals surface area (Å²) in [5.41, 5.74) is -0.677. The Balaban J connectivity index is 2.50. The summed E-state index contributed by atoms with van der Waals surface area (Å²) in [5.74, 6) is -4.19. The van der Waals surface area contributed by atoms with Crippen LogP contribution in [0.1, 0.15) is 19.4 Å². The van der Waals surface area contributed by atoms with Crippen LogP contribution in [-0.4, -0.2) is 64.1 Å². The number of amidine groups is 1. The van der Waals surface area contributed by atoms with Gasteiger partial charge in [-0.05, 0) is 32.1 Å². The van der Waals surface area contributed by atoms with Crippen molar-refractivity contribution in [2.75, 3.05) is 13.6 Å². The molecule has 2 rings (SSSR count). The minimum Gasteiger partial charge on any atom is -0.506 e. The van der Waals surface area contributed by atoms with Crippen molar-refractivity contribution >= 4 is 29.3 Å². The maximum atomic E-state index is 12.4. The number of ether oxygens (including phenoxy) is 1. The van der Waals surface area contributed by atoms with E-state index in [1.165, 1.54) is 7.05 Å². The lowest BCUT2D eigenvalue weighted by atomic mass is 9.97. The lowest BCUT2D eigenvalue weighted by molar-refractivity contribution is -0.138. The van der Waals surface area contributed by atoms with Crippen LogP contribution in [0.5, 0.6) is 5.75 Å². The van der Waals surface area contributed by atoms with Crippen LogP contribution >= 0.6 is 0 Å². The average molecular weight is 414 g/mol. The third-order valence-electron chi connectivity index (χ3n) is 4.06. The van der Waals surface area contributed by atoms with Gasteiger partial charge in [0.1, 0.15) is 29.5 Å². The van der Waals surface area contributed by atoms with Gasteiger partial charge in [0.25, 0.3) is 11.8 Å². The number of aliphatic hydroxyl groups excluding tert-OH is 1. The number of benzene rings is 1. The Labute approximate surface area is 172 Å². The van der Waals surface area contributed by atoms with Gasteiger partial charge in [-0.25, -0.2) is 0 Å². The number of amides is 2. The molecular formula is C20H22N4O6. The lowest BCUT2D eigenvalue weighted by Crippen LogP contribution is -2.45. The van der Waals surface area contributed by atoms with Crippen molar-refractivity contribution in [2.24, 2.45) is 0 Å². The van der Waals surface area contributed by atoms with E-state index >= 15 is 0 Å². The van der Waals surface area contributed by atoms with Gasteiger partial charge in [-0.1, -0.05) is 12.1 Å². The number of hydrogen-bond acceptors (Lipinski definition) is 7. The van der Waals surface area contributed by atoms with Gasteiger partial charge in [0, 0.05) is 12.6 Å². The number of aliphatic hydroxyl groups is 1. The van der Waals surface area contributed by atoms with Crippen LogP contribution in [0.3, 0.4) is 0 Å². The summed E-state index contributed by atoms with van der Waals surface area (Å²) in [6, 6.07) is 6.72. The second-order valence-electron chi connectivity index (χ2n) is 6.65. The maximum Gasteiger partial charge on any atom is 0.322 e. The molecule has 0 saturated carbocycles. The van der Waals surface area contributed by atoms with E-state index in [2.05, 4.69) is 0 Å². The lowest BCUT2D eigenvalue weighted by Gasteiger charge is -2.27. The third kappa shape index (κ3) is 4.72. The molecule has 10 heteroatoms. The van der Waals surface area contributed by atoms with Gasteiger partial charge in [0.05, 0.1) is 17.4 Å². The van der Waals surface area contributed by atoms with Crippen molar-refractivity contribution in [3.63, 3.8) is 0 Å². The zero-order chi connectivity index (χ0) is 22.6. The van der Waals surface area contributed by atoms with E-state index in [1.807, 2.05) is 19.2 Å². The molecule has 158 valence electrons.